The van der Waals surface area contributed by atoms with Gasteiger partial charge in [-0.05, 0) is 24.1 Å². The van der Waals surface area contributed by atoms with Crippen LogP contribution in [0.3, 0.4) is 0 Å². The third kappa shape index (κ3) is 4.51. The van der Waals surface area contributed by atoms with Crippen LogP contribution < -0.4 is 4.74 Å². The Morgan fingerprint density at radius 1 is 1.41 bits per heavy atom. The number of aliphatic carboxylic acids is 1. The first kappa shape index (κ1) is 13.0. The fourth-order valence-electron chi connectivity index (χ4n) is 1.40. The SMILES string of the molecule is COc1ccc(CC(C=O)/C=C/C(=O)O)cc1. The maximum absolute atomic E-state index is 10.8. The molecule has 1 aromatic carbocycles. The number of rotatable bonds is 6. The van der Waals surface area contributed by atoms with Crippen LogP contribution in [0.15, 0.2) is 36.4 Å². The van der Waals surface area contributed by atoms with Crippen molar-refractivity contribution in [3.63, 3.8) is 0 Å². The molecule has 0 aliphatic carbocycles. The van der Waals surface area contributed by atoms with Gasteiger partial charge >= 0.3 is 5.97 Å². The Bertz CT molecular complexity index is 406. The molecule has 0 fully saturated rings. The molecule has 0 bridgehead atoms. The van der Waals surface area contributed by atoms with E-state index >= 15 is 0 Å². The summed E-state index contributed by atoms with van der Waals surface area (Å²) in [4.78, 5) is 21.1. The highest BCUT2D eigenvalue weighted by Crippen LogP contribution is 2.14. The topological polar surface area (TPSA) is 63.6 Å². The standard InChI is InChI=1S/C13H14O4/c1-17-12-5-2-10(3-6-12)8-11(9-14)4-7-13(15)16/h2-7,9,11H,8H2,1H3,(H,15,16)/b7-4+. The molecule has 0 radical (unpaired) electrons. The monoisotopic (exact) mass is 234 g/mol. The van der Waals surface area contributed by atoms with Gasteiger partial charge in [0.15, 0.2) is 0 Å². The Labute approximate surface area is 99.5 Å². The van der Waals surface area contributed by atoms with E-state index in [1.807, 2.05) is 12.1 Å². The summed E-state index contributed by atoms with van der Waals surface area (Å²) in [5.74, 6) is -0.719. The zero-order valence-electron chi connectivity index (χ0n) is 9.50. The highest BCUT2D eigenvalue weighted by molar-refractivity contribution is 5.80. The van der Waals surface area contributed by atoms with Gasteiger partial charge in [-0.1, -0.05) is 18.2 Å². The van der Waals surface area contributed by atoms with Crippen LogP contribution in [0.5, 0.6) is 5.75 Å². The molecule has 0 saturated heterocycles. The van der Waals surface area contributed by atoms with E-state index in [2.05, 4.69) is 0 Å². The molecular weight excluding hydrogens is 220 g/mol. The van der Waals surface area contributed by atoms with E-state index in [1.54, 1.807) is 19.2 Å². The average Bonchev–Trinajstić information content (AvgIpc) is 2.35. The van der Waals surface area contributed by atoms with Gasteiger partial charge in [0.05, 0.1) is 7.11 Å². The normalized spacial score (nSPS) is 12.3. The second-order valence-corrected chi connectivity index (χ2v) is 3.55. The Balaban J connectivity index is 2.66. The van der Waals surface area contributed by atoms with Gasteiger partial charge in [-0.15, -0.1) is 0 Å². The maximum atomic E-state index is 10.8. The minimum atomic E-state index is -1.05. The number of aldehydes is 1. The van der Waals surface area contributed by atoms with Crippen molar-refractivity contribution in [3.8, 4) is 5.75 Å². The molecule has 4 nitrogen and oxygen atoms in total. The predicted octanol–water partition coefficient (Wildman–Crippen LogP) is 1.69. The van der Waals surface area contributed by atoms with Gasteiger partial charge in [-0.2, -0.15) is 0 Å². The zero-order valence-corrected chi connectivity index (χ0v) is 9.50. The number of carboxylic acids is 1. The second-order valence-electron chi connectivity index (χ2n) is 3.55. The van der Waals surface area contributed by atoms with Crippen molar-refractivity contribution in [2.24, 2.45) is 5.92 Å². The molecule has 0 aliphatic rings. The number of carbonyl (C=O) groups excluding carboxylic acids is 1. The van der Waals surface area contributed by atoms with Crippen LogP contribution in [0, 0.1) is 5.92 Å². The quantitative estimate of drug-likeness (QED) is 0.601. The molecule has 90 valence electrons. The van der Waals surface area contributed by atoms with Crippen LogP contribution in [0.1, 0.15) is 5.56 Å². The van der Waals surface area contributed by atoms with E-state index in [0.29, 0.717) is 6.42 Å². The number of methoxy groups -OCH3 is 1. The lowest BCUT2D eigenvalue weighted by molar-refractivity contribution is -0.131. The van der Waals surface area contributed by atoms with E-state index < -0.39 is 11.9 Å². The summed E-state index contributed by atoms with van der Waals surface area (Å²) in [7, 11) is 1.58. The number of hydrogen-bond donors (Lipinski definition) is 1. The molecule has 0 aromatic heterocycles. The van der Waals surface area contributed by atoms with Crippen molar-refractivity contribution in [3.05, 3.63) is 42.0 Å². The molecule has 0 amide bonds. The van der Waals surface area contributed by atoms with Crippen molar-refractivity contribution in [1.29, 1.82) is 0 Å². The number of carboxylic acid groups (broad SMARTS) is 1. The highest BCUT2D eigenvalue weighted by Gasteiger charge is 2.05. The predicted molar refractivity (Wildman–Crippen MR) is 63.0 cm³/mol. The van der Waals surface area contributed by atoms with Gasteiger partial charge in [0.2, 0.25) is 0 Å². The summed E-state index contributed by atoms with van der Waals surface area (Å²) < 4.78 is 5.02. The number of allylic oxidation sites excluding steroid dienone is 1. The molecule has 0 aliphatic heterocycles. The lowest BCUT2D eigenvalue weighted by atomic mass is 10.00. The Morgan fingerprint density at radius 3 is 2.53 bits per heavy atom. The van der Waals surface area contributed by atoms with Crippen LogP contribution in [-0.4, -0.2) is 24.5 Å². The van der Waals surface area contributed by atoms with E-state index in [1.165, 1.54) is 6.08 Å². The molecule has 1 atom stereocenters. The smallest absolute Gasteiger partial charge is 0.327 e. The highest BCUT2D eigenvalue weighted by atomic mass is 16.5. The molecule has 0 spiro atoms. The number of ether oxygens (including phenoxy) is 1. The van der Waals surface area contributed by atoms with Gasteiger partial charge < -0.3 is 14.6 Å². The van der Waals surface area contributed by atoms with Gasteiger partial charge in [0.1, 0.15) is 12.0 Å². The van der Waals surface area contributed by atoms with Crippen LogP contribution >= 0.6 is 0 Å². The van der Waals surface area contributed by atoms with E-state index in [9.17, 15) is 9.59 Å². The van der Waals surface area contributed by atoms with E-state index in [4.69, 9.17) is 9.84 Å². The lowest BCUT2D eigenvalue weighted by Crippen LogP contribution is -2.03. The molecule has 0 heterocycles. The fourth-order valence-corrected chi connectivity index (χ4v) is 1.40. The Kier molecular flexibility index (Phi) is 4.94. The number of carbonyl (C=O) groups is 2. The first-order chi connectivity index (χ1) is 8.15. The molecule has 1 N–H and O–H groups in total. The summed E-state index contributed by atoms with van der Waals surface area (Å²) in [6, 6.07) is 7.31. The van der Waals surface area contributed by atoms with Crippen LogP contribution in [0.25, 0.3) is 0 Å². The van der Waals surface area contributed by atoms with Crippen molar-refractivity contribution in [2.45, 2.75) is 6.42 Å². The van der Waals surface area contributed by atoms with Crippen LogP contribution in [0.2, 0.25) is 0 Å². The summed E-state index contributed by atoms with van der Waals surface area (Å²) in [6.45, 7) is 0. The Morgan fingerprint density at radius 2 is 2.06 bits per heavy atom. The third-order valence-electron chi connectivity index (χ3n) is 2.29. The van der Waals surface area contributed by atoms with Crippen molar-refractivity contribution in [2.75, 3.05) is 7.11 Å². The molecule has 0 saturated carbocycles. The third-order valence-corrected chi connectivity index (χ3v) is 2.29. The Hall–Kier alpha value is -2.10. The maximum Gasteiger partial charge on any atom is 0.327 e. The minimum absolute atomic E-state index is 0.417. The van der Waals surface area contributed by atoms with E-state index in [0.717, 1.165) is 23.7 Å². The molecule has 1 rings (SSSR count). The molecule has 17 heavy (non-hydrogen) atoms. The largest absolute Gasteiger partial charge is 0.497 e. The summed E-state index contributed by atoms with van der Waals surface area (Å²) in [6.07, 6.45) is 3.60. The fraction of sp³-hybridized carbons (Fsp3) is 0.231. The van der Waals surface area contributed by atoms with E-state index in [-0.39, 0.29) is 0 Å². The lowest BCUT2D eigenvalue weighted by Gasteiger charge is -2.06. The van der Waals surface area contributed by atoms with Gasteiger partial charge in [0.25, 0.3) is 0 Å². The first-order valence-electron chi connectivity index (χ1n) is 5.15. The average molecular weight is 234 g/mol. The van der Waals surface area contributed by atoms with Gasteiger partial charge in [0, 0.05) is 12.0 Å². The summed E-state index contributed by atoms with van der Waals surface area (Å²) in [5.41, 5.74) is 0.956. The van der Waals surface area contributed by atoms with Crippen molar-refractivity contribution in [1.82, 2.24) is 0 Å². The van der Waals surface area contributed by atoms with Crippen LogP contribution in [0.4, 0.5) is 0 Å². The molecular formula is C13H14O4. The van der Waals surface area contributed by atoms with Crippen molar-refractivity contribution < 1.29 is 19.4 Å². The first-order valence-corrected chi connectivity index (χ1v) is 5.15. The minimum Gasteiger partial charge on any atom is -0.497 e. The summed E-state index contributed by atoms with van der Waals surface area (Å²) >= 11 is 0. The molecule has 1 unspecified atom stereocenters. The molecule has 4 heteroatoms. The molecule has 1 aromatic rings. The van der Waals surface area contributed by atoms with Crippen molar-refractivity contribution >= 4 is 12.3 Å². The van der Waals surface area contributed by atoms with Crippen LogP contribution in [-0.2, 0) is 16.0 Å². The van der Waals surface area contributed by atoms with Gasteiger partial charge in [-0.25, -0.2) is 4.79 Å². The zero-order chi connectivity index (χ0) is 12.7. The second kappa shape index (κ2) is 6.48. The van der Waals surface area contributed by atoms with Gasteiger partial charge in [-0.3, -0.25) is 0 Å². The number of hydrogen-bond acceptors (Lipinski definition) is 3. The number of benzene rings is 1. The summed E-state index contributed by atoms with van der Waals surface area (Å²) in [5, 5.41) is 8.47.